The molecule has 1 aliphatic heterocycles. The lowest BCUT2D eigenvalue weighted by molar-refractivity contribution is -0.174. The van der Waals surface area contributed by atoms with Crippen molar-refractivity contribution in [3.63, 3.8) is 0 Å². The van der Waals surface area contributed by atoms with Crippen LogP contribution in [0, 0.1) is 40.9 Å². The second-order valence-corrected chi connectivity index (χ2v) is 11.0. The highest BCUT2D eigenvalue weighted by Crippen LogP contribution is 2.40. The average Bonchev–Trinajstić information content (AvgIpc) is 3.32. The molecule has 0 saturated carbocycles. The van der Waals surface area contributed by atoms with Gasteiger partial charge in [0.25, 0.3) is 0 Å². The first-order chi connectivity index (χ1) is 18.5. The Morgan fingerprint density at radius 3 is 2.38 bits per heavy atom. The van der Waals surface area contributed by atoms with Gasteiger partial charge in [0.1, 0.15) is 17.8 Å². The zero-order valence-electron chi connectivity index (χ0n) is 23.6. The largest absolute Gasteiger partial charge is 0.471 e. The van der Waals surface area contributed by atoms with Crippen LogP contribution >= 0.6 is 0 Å². The molecule has 2 N–H and O–H groups in total. The molecule has 216 valence electrons. The van der Waals surface area contributed by atoms with Crippen LogP contribution in [-0.4, -0.2) is 62.7 Å². The van der Waals surface area contributed by atoms with Gasteiger partial charge in [-0.25, -0.2) is 0 Å². The van der Waals surface area contributed by atoms with Crippen molar-refractivity contribution in [1.29, 1.82) is 5.26 Å². The summed E-state index contributed by atoms with van der Waals surface area (Å²) in [5, 5.41) is 18.7. The number of nitrogens with zero attached hydrogens (tertiary/aromatic N) is 5. The van der Waals surface area contributed by atoms with Gasteiger partial charge in [-0.05, 0) is 23.2 Å². The maximum absolute atomic E-state index is 13.4. The third-order valence-electron chi connectivity index (χ3n) is 6.52. The van der Waals surface area contributed by atoms with E-state index in [4.69, 9.17) is 6.42 Å². The summed E-state index contributed by atoms with van der Waals surface area (Å²) in [6, 6.07) is -0.305. The van der Waals surface area contributed by atoms with Crippen molar-refractivity contribution in [2.24, 2.45) is 24.3 Å². The SMILES string of the molecule is C#Cc1nn(C)c2cncc(C(C#N)NC(=O)[C@@H]3[C@H](C)C(C)(C)CN3C(=O)CNC(=O)C(F)(F)F)c12.CC(C)C. The van der Waals surface area contributed by atoms with Gasteiger partial charge in [-0.1, -0.05) is 41.5 Å². The molecule has 3 amide bonds. The number of pyridine rings is 1. The fourth-order valence-corrected chi connectivity index (χ4v) is 4.30. The van der Waals surface area contributed by atoms with E-state index in [0.29, 0.717) is 16.5 Å². The molecule has 3 heterocycles. The summed E-state index contributed by atoms with van der Waals surface area (Å²) >= 11 is 0. The molecule has 1 saturated heterocycles. The van der Waals surface area contributed by atoms with Crippen molar-refractivity contribution >= 4 is 28.6 Å². The molecule has 13 heteroatoms. The van der Waals surface area contributed by atoms with Gasteiger partial charge in [-0.15, -0.1) is 6.42 Å². The molecule has 0 aromatic carbocycles. The number of nitrogens with one attached hydrogen (secondary N) is 2. The average molecular weight is 562 g/mol. The van der Waals surface area contributed by atoms with Crippen molar-refractivity contribution < 1.29 is 27.6 Å². The van der Waals surface area contributed by atoms with Gasteiger partial charge in [0.15, 0.2) is 0 Å². The fraction of sp³-hybridized carbons (Fsp3) is 0.556. The van der Waals surface area contributed by atoms with E-state index in [0.717, 1.165) is 10.8 Å². The van der Waals surface area contributed by atoms with Crippen LogP contribution in [0.5, 0.6) is 0 Å². The summed E-state index contributed by atoms with van der Waals surface area (Å²) in [7, 11) is 1.65. The monoisotopic (exact) mass is 561 g/mol. The Kier molecular flexibility index (Phi) is 9.92. The third-order valence-corrected chi connectivity index (χ3v) is 6.52. The number of alkyl halides is 3. The number of halogens is 3. The molecular weight excluding hydrogens is 527 g/mol. The third kappa shape index (κ3) is 7.08. The summed E-state index contributed by atoms with van der Waals surface area (Å²) in [5.41, 5.74) is 0.536. The number of hydrogen-bond acceptors (Lipinski definition) is 6. The Balaban J connectivity index is 0.00000131. The number of amides is 3. The highest BCUT2D eigenvalue weighted by molar-refractivity contribution is 5.93. The Labute approximate surface area is 231 Å². The number of rotatable bonds is 5. The summed E-state index contributed by atoms with van der Waals surface area (Å²) in [6.45, 7) is 11.0. The number of fused-ring (bicyclic) bond motifs is 1. The first-order valence-corrected chi connectivity index (χ1v) is 12.6. The molecule has 1 unspecified atom stereocenters. The van der Waals surface area contributed by atoms with Crippen LogP contribution < -0.4 is 10.6 Å². The molecule has 1 aliphatic rings. The van der Waals surface area contributed by atoms with Gasteiger partial charge in [-0.2, -0.15) is 23.5 Å². The van der Waals surface area contributed by atoms with Crippen molar-refractivity contribution in [3.05, 3.63) is 23.7 Å². The summed E-state index contributed by atoms with van der Waals surface area (Å²) in [6.07, 6.45) is 3.31. The number of hydrogen-bond donors (Lipinski definition) is 2. The Morgan fingerprint density at radius 2 is 1.85 bits per heavy atom. The topological polar surface area (TPSA) is 133 Å². The molecule has 2 aromatic heterocycles. The van der Waals surface area contributed by atoms with E-state index in [1.807, 2.05) is 6.07 Å². The van der Waals surface area contributed by atoms with Crippen LogP contribution in [0.2, 0.25) is 0 Å². The molecule has 3 rings (SSSR count). The van der Waals surface area contributed by atoms with Crippen LogP contribution in [0.15, 0.2) is 12.4 Å². The number of aryl methyl sites for hydroxylation is 1. The summed E-state index contributed by atoms with van der Waals surface area (Å²) < 4.78 is 39.1. The number of carbonyl (C=O) groups excluding carboxylic acids is 3. The minimum absolute atomic E-state index is 0.0607. The van der Waals surface area contributed by atoms with E-state index in [1.165, 1.54) is 22.4 Å². The Morgan fingerprint density at radius 1 is 1.25 bits per heavy atom. The minimum atomic E-state index is -5.15. The quantitative estimate of drug-likeness (QED) is 0.540. The number of aromatic nitrogens is 3. The van der Waals surface area contributed by atoms with Crippen LogP contribution in [0.4, 0.5) is 13.2 Å². The molecule has 0 bridgehead atoms. The normalized spacial score (nSPS) is 18.8. The Hall–Kier alpha value is -4.13. The number of likely N-dealkylation sites (tertiary alicyclic amines) is 1. The first kappa shape index (κ1) is 32.1. The zero-order valence-corrected chi connectivity index (χ0v) is 23.6. The molecule has 0 aliphatic carbocycles. The molecule has 1 fully saturated rings. The van der Waals surface area contributed by atoms with E-state index in [9.17, 15) is 32.8 Å². The highest BCUT2D eigenvalue weighted by Gasteiger charge is 2.50. The van der Waals surface area contributed by atoms with Crippen molar-refractivity contribution in [2.45, 2.75) is 59.8 Å². The standard InChI is InChI=1S/C23H24F3N7O3.C4H10/c1-6-14-18-13(8-28-9-16(18)32(5)31-14)15(7-27)30-20(35)19-12(2)22(3,4)11-33(19)17(34)10-29-21(36)23(24,25)26;1-4(2)3/h1,8-9,12,15,19H,10-11H2,2-5H3,(H,29,36)(H,30,35);4H,1-3H3/t12-,15?,19-;/m0./s1. The molecule has 40 heavy (non-hydrogen) atoms. The van der Waals surface area contributed by atoms with Gasteiger partial charge < -0.3 is 15.5 Å². The highest BCUT2D eigenvalue weighted by atomic mass is 19.4. The molecule has 0 radical (unpaired) electrons. The maximum Gasteiger partial charge on any atom is 0.471 e. The van der Waals surface area contributed by atoms with E-state index in [2.05, 4.69) is 42.1 Å². The lowest BCUT2D eigenvalue weighted by atomic mass is 9.80. The number of nitriles is 1. The predicted octanol–water partition coefficient (Wildman–Crippen LogP) is 2.84. The van der Waals surface area contributed by atoms with Crippen molar-refractivity contribution in [1.82, 2.24) is 30.3 Å². The zero-order chi connectivity index (χ0) is 30.6. The van der Waals surface area contributed by atoms with Crippen LogP contribution in [0.1, 0.15) is 58.8 Å². The number of carbonyl (C=O) groups is 3. The van der Waals surface area contributed by atoms with Crippen LogP contribution in [0.25, 0.3) is 10.9 Å². The van der Waals surface area contributed by atoms with Gasteiger partial charge in [0, 0.05) is 30.7 Å². The van der Waals surface area contributed by atoms with E-state index < -0.39 is 53.9 Å². The van der Waals surface area contributed by atoms with Crippen molar-refractivity contribution in [3.8, 4) is 18.4 Å². The first-order valence-electron chi connectivity index (χ1n) is 12.6. The molecular formula is C27H34F3N7O3. The van der Waals surface area contributed by atoms with Gasteiger partial charge >= 0.3 is 12.1 Å². The van der Waals surface area contributed by atoms with Crippen molar-refractivity contribution in [2.75, 3.05) is 13.1 Å². The summed E-state index contributed by atoms with van der Waals surface area (Å²) in [4.78, 5) is 42.5. The summed E-state index contributed by atoms with van der Waals surface area (Å²) in [5.74, 6) is -0.942. The fourth-order valence-electron chi connectivity index (χ4n) is 4.30. The van der Waals surface area contributed by atoms with E-state index in [1.54, 1.807) is 27.8 Å². The van der Waals surface area contributed by atoms with Gasteiger partial charge in [0.2, 0.25) is 11.8 Å². The lowest BCUT2D eigenvalue weighted by Gasteiger charge is -2.27. The van der Waals surface area contributed by atoms with E-state index >= 15 is 0 Å². The van der Waals surface area contributed by atoms with Gasteiger partial charge in [0.05, 0.1) is 24.3 Å². The number of terminal acetylenes is 1. The predicted molar refractivity (Wildman–Crippen MR) is 141 cm³/mol. The molecule has 0 spiro atoms. The Bertz CT molecular complexity index is 1350. The van der Waals surface area contributed by atoms with Crippen LogP contribution in [-0.2, 0) is 21.4 Å². The van der Waals surface area contributed by atoms with Gasteiger partial charge in [-0.3, -0.25) is 24.0 Å². The maximum atomic E-state index is 13.4. The molecule has 2 aromatic rings. The minimum Gasteiger partial charge on any atom is -0.339 e. The van der Waals surface area contributed by atoms with E-state index in [-0.39, 0.29) is 12.2 Å². The lowest BCUT2D eigenvalue weighted by Crippen LogP contribution is -2.52. The molecule has 3 atom stereocenters. The second-order valence-electron chi connectivity index (χ2n) is 11.0. The second kappa shape index (κ2) is 12.4. The molecule has 10 nitrogen and oxygen atoms in total. The van der Waals surface area contributed by atoms with Crippen LogP contribution in [0.3, 0.4) is 0 Å². The smallest absolute Gasteiger partial charge is 0.339 e.